The van der Waals surface area contributed by atoms with Crippen molar-refractivity contribution in [2.75, 3.05) is 0 Å². The molecule has 0 aromatic heterocycles. The van der Waals surface area contributed by atoms with E-state index in [1.807, 2.05) is 66.7 Å². The van der Waals surface area contributed by atoms with E-state index in [4.69, 9.17) is 15.9 Å². The van der Waals surface area contributed by atoms with E-state index in [0.29, 0.717) is 11.3 Å². The zero-order valence-corrected chi connectivity index (χ0v) is 16.0. The highest BCUT2D eigenvalue weighted by molar-refractivity contribution is 5.82. The lowest BCUT2D eigenvalue weighted by Crippen LogP contribution is -2.15. The van der Waals surface area contributed by atoms with Gasteiger partial charge in [-0.1, -0.05) is 74.4 Å². The minimum atomic E-state index is -0.755. The van der Waals surface area contributed by atoms with Crippen molar-refractivity contribution in [2.24, 2.45) is 16.7 Å². The molecular weight excluding hydrogens is 348 g/mol. The number of rotatable bonds is 5. The second-order valence-corrected chi connectivity index (χ2v) is 7.78. The molecule has 1 fully saturated rings. The van der Waals surface area contributed by atoms with E-state index in [-0.39, 0.29) is 22.7 Å². The van der Waals surface area contributed by atoms with Crippen LogP contribution in [0.2, 0.25) is 0 Å². The van der Waals surface area contributed by atoms with Crippen LogP contribution >= 0.6 is 0 Å². The third-order valence-electron chi connectivity index (χ3n) is 5.85. The molecule has 0 radical (unpaired) electrons. The Morgan fingerprint density at radius 3 is 2.39 bits per heavy atom. The molecule has 0 N–H and O–H groups in total. The van der Waals surface area contributed by atoms with Gasteiger partial charge in [0, 0.05) is 11.0 Å². The maximum absolute atomic E-state index is 12.9. The summed E-state index contributed by atoms with van der Waals surface area (Å²) < 4.78 is 11.6. The lowest BCUT2D eigenvalue weighted by Gasteiger charge is -2.15. The summed E-state index contributed by atoms with van der Waals surface area (Å²) in [5.74, 6) is 3.48. The Labute approximate surface area is 165 Å². The molecule has 3 nitrogen and oxygen atoms in total. The zero-order valence-electron chi connectivity index (χ0n) is 16.0. The minimum absolute atomic E-state index is 0.176. The minimum Gasteiger partial charge on any atom is -0.457 e. The summed E-state index contributed by atoms with van der Waals surface area (Å²) in [5, 5.41) is 0. The summed E-state index contributed by atoms with van der Waals surface area (Å²) in [6.45, 7) is 4.16. The van der Waals surface area contributed by atoms with Crippen LogP contribution in [0.5, 0.6) is 11.5 Å². The standard InChI is InChI=1S/C25H22O3/c1-4-21(28-23(26)22-24(2,3)25(22)15-8-9-16-25)18-11-10-14-20(17-18)27-19-12-6-5-7-13-19/h1,5-17,21-22H,2-3H3. The highest BCUT2D eigenvalue weighted by Crippen LogP contribution is 2.72. The molecule has 0 amide bonds. The van der Waals surface area contributed by atoms with Gasteiger partial charge in [-0.2, -0.15) is 0 Å². The number of allylic oxidation sites excluding steroid dienone is 4. The number of esters is 1. The second-order valence-electron chi connectivity index (χ2n) is 7.78. The van der Waals surface area contributed by atoms with E-state index in [0.717, 1.165) is 5.75 Å². The van der Waals surface area contributed by atoms with E-state index in [1.54, 1.807) is 0 Å². The normalized spacial score (nSPS) is 21.1. The molecular formula is C25H22O3. The number of hydrogen-bond donors (Lipinski definition) is 0. The molecule has 140 valence electrons. The number of hydrogen-bond acceptors (Lipinski definition) is 3. The van der Waals surface area contributed by atoms with Crippen molar-refractivity contribution in [2.45, 2.75) is 20.0 Å². The highest BCUT2D eigenvalue weighted by Gasteiger charge is 2.73. The van der Waals surface area contributed by atoms with Gasteiger partial charge in [0.25, 0.3) is 0 Å². The Morgan fingerprint density at radius 2 is 1.71 bits per heavy atom. The van der Waals surface area contributed by atoms with Gasteiger partial charge in [0.05, 0.1) is 5.92 Å². The first-order valence-corrected chi connectivity index (χ1v) is 9.34. The molecule has 3 heteroatoms. The highest BCUT2D eigenvalue weighted by atomic mass is 16.5. The first-order chi connectivity index (χ1) is 13.5. The molecule has 0 heterocycles. The van der Waals surface area contributed by atoms with Crippen LogP contribution in [0.3, 0.4) is 0 Å². The molecule has 1 saturated carbocycles. The molecule has 4 rings (SSSR count). The first-order valence-electron chi connectivity index (χ1n) is 9.34. The van der Waals surface area contributed by atoms with Crippen LogP contribution in [0.25, 0.3) is 0 Å². The van der Waals surface area contributed by atoms with E-state index in [2.05, 4.69) is 31.9 Å². The molecule has 1 spiro atoms. The maximum atomic E-state index is 12.9. The molecule has 2 atom stereocenters. The smallest absolute Gasteiger partial charge is 0.312 e. The molecule has 0 saturated heterocycles. The number of benzene rings is 2. The van der Waals surface area contributed by atoms with Gasteiger partial charge in [0.2, 0.25) is 0 Å². The molecule has 0 bridgehead atoms. The monoisotopic (exact) mass is 370 g/mol. The van der Waals surface area contributed by atoms with Crippen LogP contribution < -0.4 is 4.74 Å². The summed E-state index contributed by atoms with van der Waals surface area (Å²) in [5.41, 5.74) is 0.293. The largest absolute Gasteiger partial charge is 0.457 e. The Kier molecular flexibility index (Phi) is 4.35. The van der Waals surface area contributed by atoms with E-state index < -0.39 is 6.10 Å². The number of ether oxygens (including phenoxy) is 2. The Hall–Kier alpha value is -3.25. The zero-order chi connectivity index (χ0) is 19.8. The van der Waals surface area contributed by atoms with Crippen molar-refractivity contribution in [3.63, 3.8) is 0 Å². The van der Waals surface area contributed by atoms with Gasteiger partial charge in [-0.15, -0.1) is 6.42 Å². The van der Waals surface area contributed by atoms with Gasteiger partial charge in [-0.3, -0.25) is 4.79 Å². The lowest BCUT2D eigenvalue weighted by atomic mass is 9.98. The van der Waals surface area contributed by atoms with E-state index in [1.165, 1.54) is 0 Å². The summed E-state index contributed by atoms with van der Waals surface area (Å²) in [6.07, 6.45) is 13.1. The van der Waals surface area contributed by atoms with Crippen molar-refractivity contribution >= 4 is 5.97 Å². The van der Waals surface area contributed by atoms with Gasteiger partial charge in [0.1, 0.15) is 11.5 Å². The summed E-state index contributed by atoms with van der Waals surface area (Å²) in [7, 11) is 0. The van der Waals surface area contributed by atoms with Crippen LogP contribution in [0.15, 0.2) is 78.9 Å². The number of para-hydroxylation sites is 1. The van der Waals surface area contributed by atoms with Gasteiger partial charge >= 0.3 is 5.97 Å². The quantitative estimate of drug-likeness (QED) is 0.517. The van der Waals surface area contributed by atoms with Crippen molar-refractivity contribution in [1.82, 2.24) is 0 Å². The molecule has 2 unspecified atom stereocenters. The molecule has 28 heavy (non-hydrogen) atoms. The van der Waals surface area contributed by atoms with E-state index in [9.17, 15) is 4.79 Å². The third-order valence-corrected chi connectivity index (χ3v) is 5.85. The Morgan fingerprint density at radius 1 is 1.04 bits per heavy atom. The first kappa shape index (κ1) is 18.1. The van der Waals surface area contributed by atoms with Crippen LogP contribution in [0.4, 0.5) is 0 Å². The van der Waals surface area contributed by atoms with Crippen LogP contribution in [-0.4, -0.2) is 5.97 Å². The van der Waals surface area contributed by atoms with Gasteiger partial charge in [0.15, 0.2) is 6.10 Å². The molecule has 2 aliphatic rings. The number of terminal acetylenes is 1. The van der Waals surface area contributed by atoms with Crippen LogP contribution in [0, 0.1) is 29.1 Å². The fourth-order valence-corrected chi connectivity index (χ4v) is 4.18. The third kappa shape index (κ3) is 2.92. The predicted octanol–water partition coefficient (Wildman–Crippen LogP) is 5.46. The second kappa shape index (κ2) is 6.73. The average molecular weight is 370 g/mol. The van der Waals surface area contributed by atoms with Gasteiger partial charge in [-0.25, -0.2) is 0 Å². The summed E-state index contributed by atoms with van der Waals surface area (Å²) in [6, 6.07) is 16.8. The molecule has 2 aromatic carbocycles. The van der Waals surface area contributed by atoms with Crippen LogP contribution in [0.1, 0.15) is 25.5 Å². The lowest BCUT2D eigenvalue weighted by molar-refractivity contribution is -0.149. The fourth-order valence-electron chi connectivity index (χ4n) is 4.18. The molecule has 0 aliphatic heterocycles. The predicted molar refractivity (Wildman–Crippen MR) is 109 cm³/mol. The van der Waals surface area contributed by atoms with Gasteiger partial charge < -0.3 is 9.47 Å². The number of carbonyl (C=O) groups excluding carboxylic acids is 1. The maximum Gasteiger partial charge on any atom is 0.312 e. The van der Waals surface area contributed by atoms with Crippen molar-refractivity contribution in [3.05, 3.63) is 84.5 Å². The van der Waals surface area contributed by atoms with Crippen molar-refractivity contribution in [1.29, 1.82) is 0 Å². The Balaban J connectivity index is 1.50. The average Bonchev–Trinajstić information content (AvgIpc) is 3.00. The van der Waals surface area contributed by atoms with Crippen molar-refractivity contribution < 1.29 is 14.3 Å². The van der Waals surface area contributed by atoms with Crippen LogP contribution in [-0.2, 0) is 9.53 Å². The fraction of sp³-hybridized carbons (Fsp3) is 0.240. The molecule has 2 aliphatic carbocycles. The summed E-state index contributed by atoms with van der Waals surface area (Å²) in [4.78, 5) is 12.9. The molecule has 2 aromatic rings. The number of carbonyl (C=O) groups is 1. The van der Waals surface area contributed by atoms with Gasteiger partial charge in [-0.05, 0) is 29.7 Å². The summed E-state index contributed by atoms with van der Waals surface area (Å²) >= 11 is 0. The van der Waals surface area contributed by atoms with E-state index >= 15 is 0 Å². The SMILES string of the molecule is C#CC(OC(=O)C1C(C)(C)C12C=CC=C2)c1cccc(Oc2ccccc2)c1. The Bertz CT molecular complexity index is 980. The van der Waals surface area contributed by atoms with Crippen molar-refractivity contribution in [3.8, 4) is 23.8 Å². The topological polar surface area (TPSA) is 35.5 Å².